The Morgan fingerprint density at radius 3 is 2.69 bits per heavy atom. The maximum atomic E-state index is 5.28. The molecule has 2 aromatic rings. The van der Waals surface area contributed by atoms with Crippen molar-refractivity contribution in [3.8, 4) is 11.8 Å². The standard InChI is InChI=1S/C22H25N3O/c1-23-18-25(15-19-7-3-2-4-8-19)17-20-16-24(13-11-22(20)23)12-5-9-21-10-6-14-26-21/h2-4,6-8,10,14H,11-13,15-18H2,1H3. The molecule has 4 rings (SSSR count). The Morgan fingerprint density at radius 1 is 1.04 bits per heavy atom. The maximum Gasteiger partial charge on any atom is 0.176 e. The van der Waals surface area contributed by atoms with Crippen LogP contribution in [0.15, 0.2) is 64.4 Å². The van der Waals surface area contributed by atoms with Crippen molar-refractivity contribution >= 4 is 0 Å². The summed E-state index contributed by atoms with van der Waals surface area (Å²) in [7, 11) is 2.22. The van der Waals surface area contributed by atoms with Gasteiger partial charge in [-0.3, -0.25) is 9.80 Å². The zero-order valence-corrected chi connectivity index (χ0v) is 15.3. The van der Waals surface area contributed by atoms with Gasteiger partial charge in [-0.1, -0.05) is 36.3 Å². The molecule has 4 nitrogen and oxygen atoms in total. The predicted molar refractivity (Wildman–Crippen MR) is 103 cm³/mol. The average Bonchev–Trinajstić information content (AvgIpc) is 3.16. The SMILES string of the molecule is CN1CN(Cc2ccccc2)CC2=C1CCN(CC#Cc1ccco1)C2. The summed E-state index contributed by atoms with van der Waals surface area (Å²) >= 11 is 0. The first kappa shape index (κ1) is 17.0. The molecule has 0 radical (unpaired) electrons. The van der Waals surface area contributed by atoms with Crippen molar-refractivity contribution in [3.05, 3.63) is 71.3 Å². The summed E-state index contributed by atoms with van der Waals surface area (Å²) in [5, 5.41) is 0. The van der Waals surface area contributed by atoms with Crippen LogP contribution in [0.2, 0.25) is 0 Å². The second-order valence-corrected chi connectivity index (χ2v) is 7.10. The molecule has 4 heteroatoms. The first-order valence-corrected chi connectivity index (χ1v) is 9.21. The Hall–Kier alpha value is -2.48. The van der Waals surface area contributed by atoms with Crippen LogP contribution in [-0.4, -0.2) is 54.6 Å². The van der Waals surface area contributed by atoms with Crippen LogP contribution in [0, 0.1) is 11.8 Å². The Morgan fingerprint density at radius 2 is 1.88 bits per heavy atom. The molecule has 3 heterocycles. The molecular weight excluding hydrogens is 322 g/mol. The van der Waals surface area contributed by atoms with E-state index in [4.69, 9.17) is 4.42 Å². The summed E-state index contributed by atoms with van der Waals surface area (Å²) in [5.74, 6) is 7.09. The molecule has 0 bridgehead atoms. The van der Waals surface area contributed by atoms with Gasteiger partial charge < -0.3 is 9.32 Å². The van der Waals surface area contributed by atoms with Crippen LogP contribution >= 0.6 is 0 Å². The van der Waals surface area contributed by atoms with Crippen molar-refractivity contribution in [2.45, 2.75) is 13.0 Å². The van der Waals surface area contributed by atoms with Crippen molar-refractivity contribution in [1.82, 2.24) is 14.7 Å². The summed E-state index contributed by atoms with van der Waals surface area (Å²) in [4.78, 5) is 7.38. The molecule has 0 saturated heterocycles. The second-order valence-electron chi connectivity index (χ2n) is 7.10. The topological polar surface area (TPSA) is 22.9 Å². The molecule has 26 heavy (non-hydrogen) atoms. The minimum absolute atomic E-state index is 0.744. The van der Waals surface area contributed by atoms with Crippen molar-refractivity contribution < 1.29 is 4.42 Å². The Bertz CT molecular complexity index is 814. The number of benzene rings is 1. The van der Waals surface area contributed by atoms with Crippen molar-refractivity contribution in [1.29, 1.82) is 0 Å². The van der Waals surface area contributed by atoms with E-state index >= 15 is 0 Å². The minimum Gasteiger partial charge on any atom is -0.456 e. The summed E-state index contributed by atoms with van der Waals surface area (Å²) < 4.78 is 5.28. The van der Waals surface area contributed by atoms with E-state index in [1.165, 1.54) is 11.3 Å². The maximum absolute atomic E-state index is 5.28. The van der Waals surface area contributed by atoms with Gasteiger partial charge in [0.1, 0.15) is 0 Å². The third-order valence-electron chi connectivity index (χ3n) is 5.06. The molecule has 2 aliphatic heterocycles. The van der Waals surface area contributed by atoms with E-state index < -0.39 is 0 Å². The van der Waals surface area contributed by atoms with E-state index in [1.807, 2.05) is 12.1 Å². The van der Waals surface area contributed by atoms with Gasteiger partial charge in [-0.05, 0) is 29.2 Å². The van der Waals surface area contributed by atoms with Gasteiger partial charge in [0, 0.05) is 45.3 Å². The lowest BCUT2D eigenvalue weighted by atomic mass is 10.0. The summed E-state index contributed by atoms with van der Waals surface area (Å²) in [5.41, 5.74) is 4.45. The normalized spacial score (nSPS) is 18.4. The fraction of sp³-hybridized carbons (Fsp3) is 0.364. The van der Waals surface area contributed by atoms with Gasteiger partial charge >= 0.3 is 0 Å². The number of furan rings is 1. The summed E-state index contributed by atoms with van der Waals surface area (Å²) in [6, 6.07) is 14.5. The van der Waals surface area contributed by atoms with Crippen LogP contribution in [0.4, 0.5) is 0 Å². The van der Waals surface area contributed by atoms with Crippen LogP contribution in [0.5, 0.6) is 0 Å². The lowest BCUT2D eigenvalue weighted by molar-refractivity contribution is 0.137. The van der Waals surface area contributed by atoms with Gasteiger partial charge in [0.2, 0.25) is 0 Å². The molecule has 0 atom stereocenters. The fourth-order valence-corrected chi connectivity index (χ4v) is 3.86. The van der Waals surface area contributed by atoms with Crippen LogP contribution in [0.1, 0.15) is 17.7 Å². The lowest BCUT2D eigenvalue weighted by Gasteiger charge is -2.42. The third kappa shape index (κ3) is 4.01. The van der Waals surface area contributed by atoms with Gasteiger partial charge in [-0.2, -0.15) is 0 Å². The second kappa shape index (κ2) is 7.82. The zero-order valence-electron chi connectivity index (χ0n) is 15.3. The van der Waals surface area contributed by atoms with Crippen molar-refractivity contribution in [2.75, 3.05) is 39.9 Å². The lowest BCUT2D eigenvalue weighted by Crippen LogP contribution is -2.47. The Balaban J connectivity index is 1.38. The number of hydrogen-bond acceptors (Lipinski definition) is 4. The molecule has 2 aliphatic rings. The smallest absolute Gasteiger partial charge is 0.176 e. The molecule has 0 spiro atoms. The highest BCUT2D eigenvalue weighted by Crippen LogP contribution is 2.26. The summed E-state index contributed by atoms with van der Waals surface area (Å²) in [6.07, 6.45) is 2.79. The first-order valence-electron chi connectivity index (χ1n) is 9.21. The number of nitrogens with zero attached hydrogens (tertiary/aromatic N) is 3. The Kier molecular flexibility index (Phi) is 5.10. The van der Waals surface area contributed by atoms with E-state index in [0.29, 0.717) is 0 Å². The number of hydrogen-bond donors (Lipinski definition) is 0. The highest BCUT2D eigenvalue weighted by Gasteiger charge is 2.27. The Labute approximate surface area is 155 Å². The van der Waals surface area contributed by atoms with E-state index in [0.717, 1.165) is 51.6 Å². The predicted octanol–water partition coefficient (Wildman–Crippen LogP) is 3.00. The molecule has 0 aliphatic carbocycles. The quantitative estimate of drug-likeness (QED) is 0.796. The first-order chi connectivity index (χ1) is 12.8. The van der Waals surface area contributed by atoms with Crippen LogP contribution in [0.3, 0.4) is 0 Å². The monoisotopic (exact) mass is 347 g/mol. The molecule has 134 valence electrons. The van der Waals surface area contributed by atoms with E-state index in [2.05, 4.69) is 63.9 Å². The molecule has 0 amide bonds. The van der Waals surface area contributed by atoms with Crippen LogP contribution in [0.25, 0.3) is 0 Å². The number of rotatable bonds is 3. The average molecular weight is 347 g/mol. The van der Waals surface area contributed by atoms with Gasteiger partial charge in [-0.25, -0.2) is 0 Å². The summed E-state index contributed by atoms with van der Waals surface area (Å²) in [6.45, 7) is 5.94. The minimum atomic E-state index is 0.744. The molecule has 0 fully saturated rings. The molecule has 0 saturated carbocycles. The van der Waals surface area contributed by atoms with E-state index in [-0.39, 0.29) is 0 Å². The molecule has 1 aromatic carbocycles. The molecule has 0 unspecified atom stereocenters. The van der Waals surface area contributed by atoms with E-state index in [1.54, 1.807) is 11.8 Å². The molecule has 1 aromatic heterocycles. The van der Waals surface area contributed by atoms with Gasteiger partial charge in [0.25, 0.3) is 0 Å². The van der Waals surface area contributed by atoms with Gasteiger partial charge in [0.05, 0.1) is 19.5 Å². The van der Waals surface area contributed by atoms with Crippen LogP contribution in [-0.2, 0) is 6.54 Å². The largest absolute Gasteiger partial charge is 0.456 e. The van der Waals surface area contributed by atoms with Crippen molar-refractivity contribution in [2.24, 2.45) is 0 Å². The van der Waals surface area contributed by atoms with E-state index in [9.17, 15) is 0 Å². The van der Waals surface area contributed by atoms with Gasteiger partial charge in [-0.15, -0.1) is 0 Å². The van der Waals surface area contributed by atoms with Gasteiger partial charge in [0.15, 0.2) is 5.76 Å². The van der Waals surface area contributed by atoms with Crippen molar-refractivity contribution in [3.63, 3.8) is 0 Å². The zero-order chi connectivity index (χ0) is 17.8. The highest BCUT2D eigenvalue weighted by molar-refractivity contribution is 5.26. The molecule has 0 N–H and O–H groups in total. The fourth-order valence-electron chi connectivity index (χ4n) is 3.86. The molecular formula is C22H25N3O. The highest BCUT2D eigenvalue weighted by atomic mass is 16.3. The third-order valence-corrected chi connectivity index (χ3v) is 5.06. The van der Waals surface area contributed by atoms with Crippen LogP contribution < -0.4 is 0 Å².